The van der Waals surface area contributed by atoms with Gasteiger partial charge in [-0.3, -0.25) is 9.78 Å². The zero-order valence-corrected chi connectivity index (χ0v) is 18.8. The molecular weight excluding hydrogens is 430 g/mol. The maximum atomic E-state index is 11.3. The predicted molar refractivity (Wildman–Crippen MR) is 134 cm³/mol. The Morgan fingerprint density at radius 3 is 2.45 bits per heavy atom. The van der Waals surface area contributed by atoms with Gasteiger partial charge in [-0.25, -0.2) is 9.97 Å². The number of pyridine rings is 1. The van der Waals surface area contributed by atoms with E-state index in [4.69, 9.17) is 9.97 Å². The third-order valence-electron chi connectivity index (χ3n) is 5.15. The van der Waals surface area contributed by atoms with Crippen molar-refractivity contribution in [3.05, 3.63) is 89.9 Å². The molecule has 162 valence electrons. The molecule has 5 aromatic rings. The summed E-state index contributed by atoms with van der Waals surface area (Å²) in [6, 6.07) is 23.8. The Kier molecular flexibility index (Phi) is 5.78. The molecule has 0 fully saturated rings. The molecule has 0 aliphatic carbocycles. The molecular formula is C26H21N5OS. The molecule has 2 N–H and O–H groups in total. The van der Waals surface area contributed by atoms with Gasteiger partial charge in [-0.05, 0) is 35.4 Å². The first kappa shape index (κ1) is 20.8. The van der Waals surface area contributed by atoms with E-state index in [-0.39, 0.29) is 5.91 Å². The van der Waals surface area contributed by atoms with Crippen LogP contribution in [-0.2, 0) is 11.3 Å². The quantitative estimate of drug-likeness (QED) is 0.331. The number of nitrogens with one attached hydrogen (secondary N) is 2. The maximum absolute atomic E-state index is 11.3. The Bertz CT molecular complexity index is 1400. The van der Waals surface area contributed by atoms with Gasteiger partial charge in [0.2, 0.25) is 5.91 Å². The fourth-order valence-electron chi connectivity index (χ4n) is 3.60. The van der Waals surface area contributed by atoms with Crippen molar-refractivity contribution in [1.82, 2.24) is 15.0 Å². The van der Waals surface area contributed by atoms with Gasteiger partial charge in [-0.15, -0.1) is 11.3 Å². The van der Waals surface area contributed by atoms with Gasteiger partial charge in [0.05, 0.1) is 5.39 Å². The molecule has 0 saturated heterocycles. The number of aromatic nitrogens is 3. The number of hydrogen-bond donors (Lipinski definition) is 2. The first-order valence-electron chi connectivity index (χ1n) is 10.5. The molecule has 1 amide bonds. The smallest absolute Gasteiger partial charge is 0.221 e. The van der Waals surface area contributed by atoms with Crippen LogP contribution in [0.2, 0.25) is 0 Å². The molecule has 0 spiro atoms. The maximum Gasteiger partial charge on any atom is 0.221 e. The lowest BCUT2D eigenvalue weighted by molar-refractivity contribution is -0.114. The molecule has 3 aromatic heterocycles. The molecule has 0 aliphatic heterocycles. The van der Waals surface area contributed by atoms with Crippen LogP contribution in [0.5, 0.6) is 0 Å². The third-order valence-corrected chi connectivity index (χ3v) is 6.02. The first-order chi connectivity index (χ1) is 16.2. The van der Waals surface area contributed by atoms with Crippen LogP contribution in [-0.4, -0.2) is 20.9 Å². The Balaban J connectivity index is 1.53. The van der Waals surface area contributed by atoms with Crippen LogP contribution < -0.4 is 10.6 Å². The van der Waals surface area contributed by atoms with Gasteiger partial charge in [0, 0.05) is 36.3 Å². The Morgan fingerprint density at radius 1 is 0.939 bits per heavy atom. The number of hydrogen-bond acceptors (Lipinski definition) is 6. The first-order valence-corrected chi connectivity index (χ1v) is 11.4. The standard InChI is InChI=1S/C26H21N5OS/c1-17(32)29-20-12-10-18(11-13-20)15-28-25-23-21(19-7-3-2-4-8-19)16-33-26(23)31-24(30-25)22-9-5-6-14-27-22/h2-14,16H,15H2,1H3,(H,29,32)(H,28,30,31). The minimum absolute atomic E-state index is 0.0859. The number of amides is 1. The van der Waals surface area contributed by atoms with Gasteiger partial charge in [0.15, 0.2) is 5.82 Å². The second kappa shape index (κ2) is 9.18. The lowest BCUT2D eigenvalue weighted by Gasteiger charge is -2.11. The molecule has 5 rings (SSSR count). The van der Waals surface area contributed by atoms with Gasteiger partial charge in [-0.1, -0.05) is 48.5 Å². The number of anilines is 2. The van der Waals surface area contributed by atoms with Crippen molar-refractivity contribution in [2.45, 2.75) is 13.5 Å². The molecule has 33 heavy (non-hydrogen) atoms. The normalized spacial score (nSPS) is 10.8. The van der Waals surface area contributed by atoms with Crippen LogP contribution in [0.1, 0.15) is 12.5 Å². The van der Waals surface area contributed by atoms with E-state index in [0.717, 1.165) is 44.1 Å². The van der Waals surface area contributed by atoms with Crippen molar-refractivity contribution in [2.75, 3.05) is 10.6 Å². The van der Waals surface area contributed by atoms with Gasteiger partial charge in [0.1, 0.15) is 16.3 Å². The van der Waals surface area contributed by atoms with Gasteiger partial charge in [-0.2, -0.15) is 0 Å². The molecule has 3 heterocycles. The van der Waals surface area contributed by atoms with Crippen LogP contribution in [0.25, 0.3) is 32.9 Å². The molecule has 0 saturated carbocycles. The minimum Gasteiger partial charge on any atom is -0.365 e. The van der Waals surface area contributed by atoms with Crippen molar-refractivity contribution >= 4 is 39.0 Å². The largest absolute Gasteiger partial charge is 0.365 e. The molecule has 0 aliphatic rings. The summed E-state index contributed by atoms with van der Waals surface area (Å²) in [7, 11) is 0. The summed E-state index contributed by atoms with van der Waals surface area (Å²) in [6.07, 6.45) is 1.75. The van der Waals surface area contributed by atoms with Crippen LogP contribution in [0, 0.1) is 0 Å². The van der Waals surface area contributed by atoms with E-state index < -0.39 is 0 Å². The van der Waals surface area contributed by atoms with Crippen molar-refractivity contribution in [2.24, 2.45) is 0 Å². The Morgan fingerprint density at radius 2 is 1.73 bits per heavy atom. The summed E-state index contributed by atoms with van der Waals surface area (Å²) in [5, 5.41) is 9.43. The second-order valence-corrected chi connectivity index (χ2v) is 8.40. The summed E-state index contributed by atoms with van der Waals surface area (Å²) >= 11 is 1.60. The molecule has 0 radical (unpaired) electrons. The highest BCUT2D eigenvalue weighted by Gasteiger charge is 2.16. The number of carbonyl (C=O) groups excluding carboxylic acids is 1. The predicted octanol–water partition coefficient (Wildman–Crippen LogP) is 5.99. The van der Waals surface area contributed by atoms with E-state index in [0.29, 0.717) is 12.4 Å². The number of benzene rings is 2. The van der Waals surface area contributed by atoms with Gasteiger partial charge >= 0.3 is 0 Å². The van der Waals surface area contributed by atoms with Crippen molar-refractivity contribution in [3.63, 3.8) is 0 Å². The van der Waals surface area contributed by atoms with Crippen molar-refractivity contribution in [3.8, 4) is 22.6 Å². The number of carbonyl (C=O) groups is 1. The van der Waals surface area contributed by atoms with Crippen molar-refractivity contribution in [1.29, 1.82) is 0 Å². The van der Waals surface area contributed by atoms with Crippen LogP contribution in [0.15, 0.2) is 84.4 Å². The number of fused-ring (bicyclic) bond motifs is 1. The lowest BCUT2D eigenvalue weighted by atomic mass is 10.1. The van der Waals surface area contributed by atoms with E-state index in [1.807, 2.05) is 60.7 Å². The van der Waals surface area contributed by atoms with Crippen molar-refractivity contribution < 1.29 is 4.79 Å². The fourth-order valence-corrected chi connectivity index (χ4v) is 4.55. The van der Waals surface area contributed by atoms with E-state index in [9.17, 15) is 4.79 Å². The van der Waals surface area contributed by atoms with Gasteiger partial charge in [0.25, 0.3) is 0 Å². The highest BCUT2D eigenvalue weighted by atomic mass is 32.1. The SMILES string of the molecule is CC(=O)Nc1ccc(CNc2nc(-c3ccccn3)nc3scc(-c4ccccc4)c23)cc1. The summed E-state index contributed by atoms with van der Waals surface area (Å²) in [5.41, 5.74) is 4.81. The van der Waals surface area contributed by atoms with E-state index in [2.05, 4.69) is 33.1 Å². The Labute approximate surface area is 195 Å². The topological polar surface area (TPSA) is 79.8 Å². The average molecular weight is 452 g/mol. The summed E-state index contributed by atoms with van der Waals surface area (Å²) < 4.78 is 0. The monoisotopic (exact) mass is 451 g/mol. The number of nitrogens with zero attached hydrogens (tertiary/aromatic N) is 3. The van der Waals surface area contributed by atoms with E-state index in [1.165, 1.54) is 6.92 Å². The third kappa shape index (κ3) is 4.58. The highest BCUT2D eigenvalue weighted by Crippen LogP contribution is 2.38. The highest BCUT2D eigenvalue weighted by molar-refractivity contribution is 7.17. The van der Waals surface area contributed by atoms with Crippen LogP contribution in [0.4, 0.5) is 11.5 Å². The second-order valence-electron chi connectivity index (χ2n) is 7.54. The minimum atomic E-state index is -0.0859. The summed E-state index contributed by atoms with van der Waals surface area (Å²) in [5.74, 6) is 1.27. The number of rotatable bonds is 6. The molecule has 0 bridgehead atoms. The Hall–Kier alpha value is -4.10. The van der Waals surface area contributed by atoms with Gasteiger partial charge < -0.3 is 10.6 Å². The number of thiophene rings is 1. The molecule has 6 nitrogen and oxygen atoms in total. The van der Waals surface area contributed by atoms with Crippen LogP contribution in [0.3, 0.4) is 0 Å². The molecule has 2 aromatic carbocycles. The average Bonchev–Trinajstić information content (AvgIpc) is 3.28. The molecule has 0 atom stereocenters. The van der Waals surface area contributed by atoms with Crippen LogP contribution >= 0.6 is 11.3 Å². The lowest BCUT2D eigenvalue weighted by Crippen LogP contribution is -2.06. The summed E-state index contributed by atoms with van der Waals surface area (Å²) in [4.78, 5) is 26.3. The fraction of sp³-hybridized carbons (Fsp3) is 0.0769. The zero-order valence-electron chi connectivity index (χ0n) is 17.9. The van der Waals surface area contributed by atoms with E-state index >= 15 is 0 Å². The van der Waals surface area contributed by atoms with E-state index in [1.54, 1.807) is 17.5 Å². The molecule has 0 unspecified atom stereocenters. The molecule has 7 heteroatoms. The summed E-state index contributed by atoms with van der Waals surface area (Å²) in [6.45, 7) is 2.08. The zero-order chi connectivity index (χ0) is 22.6.